The van der Waals surface area contributed by atoms with Gasteiger partial charge in [-0.15, -0.1) is 0 Å². The summed E-state index contributed by atoms with van der Waals surface area (Å²) < 4.78 is 5.61. The Kier molecular flexibility index (Phi) is 4.89. The number of hydrogen-bond acceptors (Lipinski definition) is 5. The lowest BCUT2D eigenvalue weighted by Gasteiger charge is -2.10. The number of hydrogen-bond donors (Lipinski definition) is 2. The average molecular weight is 334 g/mol. The number of rotatable bonds is 6. The summed E-state index contributed by atoms with van der Waals surface area (Å²) in [5.41, 5.74) is 8.74. The van der Waals surface area contributed by atoms with Crippen LogP contribution in [0.15, 0.2) is 61.1 Å². The second-order valence-electron chi connectivity index (χ2n) is 5.54. The molecule has 0 bridgehead atoms. The largest absolute Gasteiger partial charge is 0.438 e. The summed E-state index contributed by atoms with van der Waals surface area (Å²) in [7, 11) is 0. The summed E-state index contributed by atoms with van der Waals surface area (Å²) in [6, 6.07) is 13.2. The van der Waals surface area contributed by atoms with E-state index >= 15 is 0 Å². The fourth-order valence-electron chi connectivity index (χ4n) is 2.39. The topological polar surface area (TPSA) is 90.1 Å². The van der Waals surface area contributed by atoms with Crippen LogP contribution in [0.4, 0.5) is 5.69 Å². The quantitative estimate of drug-likeness (QED) is 0.722. The van der Waals surface area contributed by atoms with Gasteiger partial charge in [0.05, 0.1) is 6.20 Å². The molecule has 0 aliphatic rings. The molecule has 0 aliphatic carbocycles. The molecule has 2 aromatic carbocycles. The first-order chi connectivity index (χ1) is 12.1. The van der Waals surface area contributed by atoms with Crippen molar-refractivity contribution in [2.45, 2.75) is 13.5 Å². The number of amides is 1. The highest BCUT2D eigenvalue weighted by atomic mass is 16.5. The predicted octanol–water partition coefficient (Wildman–Crippen LogP) is 3.29. The maximum atomic E-state index is 11.3. The van der Waals surface area contributed by atoms with Gasteiger partial charge in [-0.1, -0.05) is 12.1 Å². The first-order valence-corrected chi connectivity index (χ1v) is 7.79. The summed E-state index contributed by atoms with van der Waals surface area (Å²) in [6.07, 6.45) is 4.74. The van der Waals surface area contributed by atoms with E-state index in [1.807, 2.05) is 43.3 Å². The molecule has 3 rings (SSSR count). The number of nitrogens with two attached hydrogens (primary N) is 1. The molecule has 1 amide bonds. The third-order valence-corrected chi connectivity index (χ3v) is 3.67. The molecule has 0 spiro atoms. The highest BCUT2D eigenvalue weighted by Crippen LogP contribution is 2.20. The van der Waals surface area contributed by atoms with Crippen LogP contribution in [0.5, 0.6) is 11.6 Å². The lowest BCUT2D eigenvalue weighted by molar-refractivity contribution is 0.0999. The van der Waals surface area contributed by atoms with Gasteiger partial charge < -0.3 is 15.8 Å². The number of nitrogens with zero attached hydrogens (tertiary/aromatic N) is 2. The Hall–Kier alpha value is -3.41. The number of benzene rings is 2. The standard InChI is InChI=1S/C19H18N4O2/c1-13-10-15(4-7-17(13)19(20)24)23-11-14-2-5-16(6-3-14)25-18-12-21-8-9-22-18/h2-10,12,23H,11H2,1H3,(H2,20,24). The number of anilines is 1. The summed E-state index contributed by atoms with van der Waals surface area (Å²) >= 11 is 0. The molecule has 6 heteroatoms. The summed E-state index contributed by atoms with van der Waals surface area (Å²) in [5.74, 6) is 0.743. The van der Waals surface area contributed by atoms with Crippen LogP contribution in [0.25, 0.3) is 0 Å². The van der Waals surface area contributed by atoms with E-state index in [4.69, 9.17) is 10.5 Å². The Balaban J connectivity index is 1.60. The first-order valence-electron chi connectivity index (χ1n) is 7.79. The zero-order valence-electron chi connectivity index (χ0n) is 13.8. The maximum absolute atomic E-state index is 11.3. The van der Waals surface area contributed by atoms with Crippen LogP contribution in [0.1, 0.15) is 21.5 Å². The second kappa shape index (κ2) is 7.44. The fourth-order valence-corrected chi connectivity index (χ4v) is 2.39. The van der Waals surface area contributed by atoms with E-state index in [0.717, 1.165) is 16.8 Å². The maximum Gasteiger partial charge on any atom is 0.248 e. The SMILES string of the molecule is Cc1cc(NCc2ccc(Oc3cnccn3)cc2)ccc1C(N)=O. The van der Waals surface area contributed by atoms with Crippen LogP contribution in [0, 0.1) is 6.92 Å². The van der Waals surface area contributed by atoms with Crippen molar-refractivity contribution < 1.29 is 9.53 Å². The predicted molar refractivity (Wildman–Crippen MR) is 95.6 cm³/mol. The van der Waals surface area contributed by atoms with Crippen molar-refractivity contribution in [2.24, 2.45) is 5.73 Å². The number of carbonyl (C=O) groups is 1. The van der Waals surface area contributed by atoms with Crippen molar-refractivity contribution in [3.05, 3.63) is 77.7 Å². The van der Waals surface area contributed by atoms with Gasteiger partial charge in [-0.05, 0) is 48.4 Å². The van der Waals surface area contributed by atoms with Gasteiger partial charge in [0.15, 0.2) is 0 Å². The van der Waals surface area contributed by atoms with Gasteiger partial charge in [0, 0.05) is 30.2 Å². The Labute approximate surface area is 145 Å². The molecule has 3 aromatic rings. The van der Waals surface area contributed by atoms with Crippen molar-refractivity contribution in [1.29, 1.82) is 0 Å². The molecular weight excluding hydrogens is 316 g/mol. The smallest absolute Gasteiger partial charge is 0.248 e. The fraction of sp³-hybridized carbons (Fsp3) is 0.105. The van der Waals surface area contributed by atoms with Gasteiger partial charge >= 0.3 is 0 Å². The van der Waals surface area contributed by atoms with Crippen molar-refractivity contribution >= 4 is 11.6 Å². The minimum atomic E-state index is -0.414. The minimum Gasteiger partial charge on any atom is -0.438 e. The van der Waals surface area contributed by atoms with Crippen LogP contribution < -0.4 is 15.8 Å². The molecule has 126 valence electrons. The van der Waals surface area contributed by atoms with Crippen LogP contribution in [0.3, 0.4) is 0 Å². The van der Waals surface area contributed by atoms with Gasteiger partial charge in [-0.2, -0.15) is 0 Å². The first kappa shape index (κ1) is 16.4. The van der Waals surface area contributed by atoms with E-state index in [0.29, 0.717) is 23.7 Å². The number of carbonyl (C=O) groups excluding carboxylic acids is 1. The van der Waals surface area contributed by atoms with Gasteiger partial charge in [0.2, 0.25) is 11.8 Å². The number of primary amides is 1. The number of nitrogens with one attached hydrogen (secondary N) is 1. The second-order valence-corrected chi connectivity index (χ2v) is 5.54. The molecule has 0 saturated carbocycles. The van der Waals surface area contributed by atoms with Crippen LogP contribution in [-0.4, -0.2) is 15.9 Å². The molecule has 3 N–H and O–H groups in total. The molecule has 6 nitrogen and oxygen atoms in total. The van der Waals surface area contributed by atoms with Crippen LogP contribution in [0.2, 0.25) is 0 Å². The molecular formula is C19H18N4O2. The van der Waals surface area contributed by atoms with Gasteiger partial charge in [-0.25, -0.2) is 4.98 Å². The van der Waals surface area contributed by atoms with E-state index in [9.17, 15) is 4.79 Å². The number of ether oxygens (including phenoxy) is 1. The van der Waals surface area contributed by atoms with Gasteiger partial charge in [0.1, 0.15) is 5.75 Å². The monoisotopic (exact) mass is 334 g/mol. The molecule has 25 heavy (non-hydrogen) atoms. The zero-order valence-corrected chi connectivity index (χ0v) is 13.8. The molecule has 0 aliphatic heterocycles. The van der Waals surface area contributed by atoms with E-state index in [1.165, 1.54) is 0 Å². The van der Waals surface area contributed by atoms with E-state index in [2.05, 4.69) is 15.3 Å². The highest BCUT2D eigenvalue weighted by Gasteiger charge is 2.05. The molecule has 0 atom stereocenters. The van der Waals surface area contributed by atoms with Crippen molar-refractivity contribution in [3.63, 3.8) is 0 Å². The zero-order chi connectivity index (χ0) is 17.6. The third kappa shape index (κ3) is 4.32. The Morgan fingerprint density at radius 3 is 2.60 bits per heavy atom. The highest BCUT2D eigenvalue weighted by molar-refractivity contribution is 5.94. The van der Waals surface area contributed by atoms with Gasteiger partial charge in [0.25, 0.3) is 0 Å². The summed E-state index contributed by atoms with van der Waals surface area (Å²) in [6.45, 7) is 2.52. The lowest BCUT2D eigenvalue weighted by Crippen LogP contribution is -2.12. The Morgan fingerprint density at radius 1 is 1.16 bits per heavy atom. The minimum absolute atomic E-state index is 0.414. The summed E-state index contributed by atoms with van der Waals surface area (Å²) in [5, 5.41) is 3.32. The summed E-state index contributed by atoms with van der Waals surface area (Å²) in [4.78, 5) is 19.3. The Morgan fingerprint density at radius 2 is 1.96 bits per heavy atom. The number of aromatic nitrogens is 2. The molecule has 0 radical (unpaired) electrons. The third-order valence-electron chi connectivity index (χ3n) is 3.67. The normalized spacial score (nSPS) is 10.3. The molecule has 0 fully saturated rings. The molecule has 0 saturated heterocycles. The average Bonchev–Trinajstić information content (AvgIpc) is 2.62. The van der Waals surface area contributed by atoms with Crippen molar-refractivity contribution in [2.75, 3.05) is 5.32 Å². The molecule has 0 unspecified atom stereocenters. The van der Waals surface area contributed by atoms with Crippen molar-refractivity contribution in [1.82, 2.24) is 9.97 Å². The van der Waals surface area contributed by atoms with E-state index < -0.39 is 5.91 Å². The lowest BCUT2D eigenvalue weighted by atomic mass is 10.1. The molecule has 1 heterocycles. The van der Waals surface area contributed by atoms with E-state index in [1.54, 1.807) is 24.7 Å². The van der Waals surface area contributed by atoms with Crippen LogP contribution >= 0.6 is 0 Å². The molecule has 1 aromatic heterocycles. The van der Waals surface area contributed by atoms with E-state index in [-0.39, 0.29) is 0 Å². The Bertz CT molecular complexity index is 864. The van der Waals surface area contributed by atoms with Crippen molar-refractivity contribution in [3.8, 4) is 11.6 Å². The number of aryl methyl sites for hydroxylation is 1. The van der Waals surface area contributed by atoms with Gasteiger partial charge in [-0.3, -0.25) is 9.78 Å². The van der Waals surface area contributed by atoms with Crippen LogP contribution in [-0.2, 0) is 6.54 Å².